The van der Waals surface area contributed by atoms with Gasteiger partial charge in [-0.15, -0.1) is 0 Å². The number of carbonyl (C=O) groups is 1. The van der Waals surface area contributed by atoms with Crippen molar-refractivity contribution in [1.82, 2.24) is 0 Å². The van der Waals surface area contributed by atoms with Crippen molar-refractivity contribution in [3.05, 3.63) is 28.3 Å². The molecule has 0 bridgehead atoms. The van der Waals surface area contributed by atoms with Gasteiger partial charge in [-0.1, -0.05) is 11.6 Å². The smallest absolute Gasteiger partial charge is 0.338 e. The number of rotatable bonds is 2. The molecule has 0 saturated heterocycles. The first-order chi connectivity index (χ1) is 6.56. The summed E-state index contributed by atoms with van der Waals surface area (Å²) in [6.07, 6.45) is 0. The maximum Gasteiger partial charge on any atom is 0.338 e. The summed E-state index contributed by atoms with van der Waals surface area (Å²) in [5, 5.41) is 0.382. The predicted molar refractivity (Wildman–Crippen MR) is 56.6 cm³/mol. The summed E-state index contributed by atoms with van der Waals surface area (Å²) in [6.45, 7) is 3.90. The van der Waals surface area contributed by atoms with Crippen LogP contribution in [0.4, 0.5) is 5.69 Å². The number of hydrogen-bond acceptors (Lipinski definition) is 3. The minimum absolute atomic E-state index is 0.347. The van der Waals surface area contributed by atoms with Gasteiger partial charge in [-0.2, -0.15) is 0 Å². The number of halogens is 1. The van der Waals surface area contributed by atoms with Gasteiger partial charge in [-0.05, 0) is 31.5 Å². The molecule has 1 aromatic carbocycles. The lowest BCUT2D eigenvalue weighted by atomic mass is 10.1. The molecule has 0 unspecified atom stereocenters. The van der Waals surface area contributed by atoms with Gasteiger partial charge in [-0.3, -0.25) is 0 Å². The zero-order chi connectivity index (χ0) is 10.7. The number of anilines is 1. The molecule has 76 valence electrons. The molecule has 0 atom stereocenters. The molecule has 0 radical (unpaired) electrons. The lowest BCUT2D eigenvalue weighted by molar-refractivity contribution is 0.0526. The number of aryl methyl sites for hydroxylation is 1. The third-order valence-electron chi connectivity index (χ3n) is 1.85. The van der Waals surface area contributed by atoms with Crippen molar-refractivity contribution in [1.29, 1.82) is 0 Å². The van der Waals surface area contributed by atoms with Gasteiger partial charge in [0.2, 0.25) is 0 Å². The molecule has 0 aliphatic carbocycles. The summed E-state index contributed by atoms with van der Waals surface area (Å²) in [5.74, 6) is -0.377. The zero-order valence-electron chi connectivity index (χ0n) is 8.13. The van der Waals surface area contributed by atoms with Crippen molar-refractivity contribution in [2.45, 2.75) is 13.8 Å². The van der Waals surface area contributed by atoms with E-state index in [0.29, 0.717) is 22.9 Å². The second-order valence-electron chi connectivity index (χ2n) is 2.91. The number of hydrogen-bond donors (Lipinski definition) is 1. The molecule has 1 rings (SSSR count). The van der Waals surface area contributed by atoms with E-state index >= 15 is 0 Å². The Bertz CT molecular complexity index is 340. The summed E-state index contributed by atoms with van der Waals surface area (Å²) < 4.78 is 4.84. The molecule has 0 saturated carbocycles. The van der Waals surface area contributed by atoms with E-state index in [0.717, 1.165) is 5.56 Å². The lowest BCUT2D eigenvalue weighted by Gasteiger charge is -2.06. The molecule has 0 aliphatic rings. The Morgan fingerprint density at radius 3 is 2.71 bits per heavy atom. The number of carbonyl (C=O) groups excluding carboxylic acids is 1. The van der Waals surface area contributed by atoms with E-state index in [4.69, 9.17) is 22.1 Å². The highest BCUT2D eigenvalue weighted by atomic mass is 35.5. The highest BCUT2D eigenvalue weighted by Crippen LogP contribution is 2.24. The molecule has 0 heterocycles. The monoisotopic (exact) mass is 213 g/mol. The summed E-state index contributed by atoms with van der Waals surface area (Å²) in [5.41, 5.74) is 7.35. The summed E-state index contributed by atoms with van der Waals surface area (Å²) in [4.78, 5) is 11.3. The van der Waals surface area contributed by atoms with E-state index in [-0.39, 0.29) is 5.97 Å². The summed E-state index contributed by atoms with van der Waals surface area (Å²) >= 11 is 5.83. The topological polar surface area (TPSA) is 52.3 Å². The van der Waals surface area contributed by atoms with Crippen LogP contribution in [0.1, 0.15) is 22.8 Å². The summed E-state index contributed by atoms with van der Waals surface area (Å²) in [7, 11) is 0. The van der Waals surface area contributed by atoms with Gasteiger partial charge in [0.15, 0.2) is 0 Å². The fourth-order valence-corrected chi connectivity index (χ4v) is 1.35. The van der Waals surface area contributed by atoms with E-state index in [2.05, 4.69) is 0 Å². The fourth-order valence-electron chi connectivity index (χ4n) is 1.09. The van der Waals surface area contributed by atoms with Crippen LogP contribution in [0.25, 0.3) is 0 Å². The van der Waals surface area contributed by atoms with Crippen LogP contribution in [0, 0.1) is 6.92 Å². The SMILES string of the molecule is CCOC(=O)c1cc(C)c(N)c(Cl)c1. The molecular formula is C10H12ClNO2. The molecule has 0 aliphatic heterocycles. The van der Waals surface area contributed by atoms with Gasteiger partial charge in [0.05, 0.1) is 22.9 Å². The predicted octanol–water partition coefficient (Wildman–Crippen LogP) is 2.41. The van der Waals surface area contributed by atoms with Crippen molar-refractivity contribution in [2.75, 3.05) is 12.3 Å². The van der Waals surface area contributed by atoms with Crippen LogP contribution < -0.4 is 5.73 Å². The third-order valence-corrected chi connectivity index (χ3v) is 2.16. The Kier molecular flexibility index (Phi) is 3.36. The van der Waals surface area contributed by atoms with E-state index in [1.54, 1.807) is 19.9 Å². The maximum atomic E-state index is 11.3. The number of nitrogen functional groups attached to an aromatic ring is 1. The zero-order valence-corrected chi connectivity index (χ0v) is 8.89. The number of benzene rings is 1. The molecule has 0 spiro atoms. The van der Waals surface area contributed by atoms with Crippen LogP contribution >= 0.6 is 11.6 Å². The van der Waals surface area contributed by atoms with Gasteiger partial charge in [0.25, 0.3) is 0 Å². The van der Waals surface area contributed by atoms with Crippen LogP contribution in [0.3, 0.4) is 0 Å². The van der Waals surface area contributed by atoms with Crippen LogP contribution in [0.5, 0.6) is 0 Å². The van der Waals surface area contributed by atoms with Gasteiger partial charge >= 0.3 is 5.97 Å². The third kappa shape index (κ3) is 2.17. The van der Waals surface area contributed by atoms with Gasteiger partial charge < -0.3 is 10.5 Å². The van der Waals surface area contributed by atoms with Crippen molar-refractivity contribution in [3.8, 4) is 0 Å². The van der Waals surface area contributed by atoms with Crippen LogP contribution in [0.15, 0.2) is 12.1 Å². The Hall–Kier alpha value is -1.22. The average Bonchev–Trinajstić information content (AvgIpc) is 2.13. The molecule has 1 aromatic rings. The highest BCUT2D eigenvalue weighted by molar-refractivity contribution is 6.33. The van der Waals surface area contributed by atoms with E-state index in [1.165, 1.54) is 6.07 Å². The Morgan fingerprint density at radius 2 is 2.21 bits per heavy atom. The first kappa shape index (κ1) is 10.9. The quantitative estimate of drug-likeness (QED) is 0.606. The molecule has 14 heavy (non-hydrogen) atoms. The summed E-state index contributed by atoms with van der Waals surface area (Å²) in [6, 6.07) is 3.18. The molecule has 0 amide bonds. The molecular weight excluding hydrogens is 202 g/mol. The Labute approximate surface area is 87.8 Å². The van der Waals surface area contributed by atoms with Crippen LogP contribution in [0.2, 0.25) is 5.02 Å². The first-order valence-electron chi connectivity index (χ1n) is 4.29. The normalized spacial score (nSPS) is 9.93. The Morgan fingerprint density at radius 1 is 1.57 bits per heavy atom. The van der Waals surface area contributed by atoms with Gasteiger partial charge in [0, 0.05) is 0 Å². The molecule has 4 heteroatoms. The molecule has 3 nitrogen and oxygen atoms in total. The number of nitrogens with two attached hydrogens (primary N) is 1. The van der Waals surface area contributed by atoms with Crippen molar-refractivity contribution < 1.29 is 9.53 Å². The second kappa shape index (κ2) is 4.33. The van der Waals surface area contributed by atoms with Crippen LogP contribution in [-0.4, -0.2) is 12.6 Å². The average molecular weight is 214 g/mol. The standard InChI is InChI=1S/C10H12ClNO2/c1-3-14-10(13)7-4-6(2)9(12)8(11)5-7/h4-5H,3,12H2,1-2H3. The van der Waals surface area contributed by atoms with Gasteiger partial charge in [-0.25, -0.2) is 4.79 Å². The molecule has 2 N–H and O–H groups in total. The van der Waals surface area contributed by atoms with Crippen molar-refractivity contribution in [2.24, 2.45) is 0 Å². The van der Waals surface area contributed by atoms with Crippen LogP contribution in [-0.2, 0) is 4.74 Å². The second-order valence-corrected chi connectivity index (χ2v) is 3.32. The highest BCUT2D eigenvalue weighted by Gasteiger charge is 2.10. The van der Waals surface area contributed by atoms with Gasteiger partial charge in [0.1, 0.15) is 0 Å². The van der Waals surface area contributed by atoms with Crippen molar-refractivity contribution in [3.63, 3.8) is 0 Å². The minimum atomic E-state index is -0.377. The number of ether oxygens (including phenoxy) is 1. The van der Waals surface area contributed by atoms with Crippen molar-refractivity contribution >= 4 is 23.3 Å². The van der Waals surface area contributed by atoms with E-state index in [9.17, 15) is 4.79 Å². The lowest BCUT2D eigenvalue weighted by Crippen LogP contribution is -2.05. The molecule has 0 fully saturated rings. The first-order valence-corrected chi connectivity index (χ1v) is 4.66. The van der Waals surface area contributed by atoms with E-state index < -0.39 is 0 Å². The number of esters is 1. The maximum absolute atomic E-state index is 11.3. The largest absolute Gasteiger partial charge is 0.462 e. The molecule has 0 aromatic heterocycles. The Balaban J connectivity index is 3.06. The fraction of sp³-hybridized carbons (Fsp3) is 0.300. The minimum Gasteiger partial charge on any atom is -0.462 e. The van der Waals surface area contributed by atoms with E-state index in [1.807, 2.05) is 0 Å².